The number of hydrogen-bond donors (Lipinski definition) is 0. The van der Waals surface area contributed by atoms with Crippen LogP contribution in [0.2, 0.25) is 10.0 Å². The van der Waals surface area contributed by atoms with Crippen LogP contribution in [-0.2, 0) is 25.7 Å². The normalized spacial score (nSPS) is 10.2. The molecule has 5 aromatic carbocycles. The van der Waals surface area contributed by atoms with Gasteiger partial charge in [0.2, 0.25) is 0 Å². The lowest BCUT2D eigenvalue weighted by atomic mass is 9.99. The third kappa shape index (κ3) is 7.91. The van der Waals surface area contributed by atoms with Crippen LogP contribution in [0.25, 0.3) is 0 Å². The predicted molar refractivity (Wildman–Crippen MR) is 169 cm³/mol. The first kappa shape index (κ1) is 27.4. The fraction of sp³-hybridized carbons (Fsp3) is 0.105. The van der Waals surface area contributed by atoms with E-state index in [1.807, 2.05) is 72.8 Å². The minimum Gasteiger partial charge on any atom is -0.0840 e. The summed E-state index contributed by atoms with van der Waals surface area (Å²) in [6.07, 6.45) is 3.45. The molecule has 0 unspecified atom stereocenters. The Morgan fingerprint density at radius 3 is 1.05 bits per heavy atom. The van der Waals surface area contributed by atoms with E-state index in [1.54, 1.807) is 0 Å². The summed E-state index contributed by atoms with van der Waals surface area (Å²) < 4.78 is 0. The van der Waals surface area contributed by atoms with Crippen LogP contribution in [0.1, 0.15) is 44.5 Å². The summed E-state index contributed by atoms with van der Waals surface area (Å²) in [5.74, 6) is 12.9. The van der Waals surface area contributed by atoms with Crippen molar-refractivity contribution < 1.29 is 0 Å². The molecule has 0 saturated heterocycles. The topological polar surface area (TPSA) is 0 Å². The lowest BCUT2D eigenvalue weighted by Crippen LogP contribution is -1.97. The molecule has 0 aliphatic heterocycles. The maximum atomic E-state index is 6.69. The predicted octanol–water partition coefficient (Wildman–Crippen LogP) is 9.36. The van der Waals surface area contributed by atoms with Crippen LogP contribution in [0.15, 0.2) is 121 Å². The van der Waals surface area contributed by atoms with E-state index in [-0.39, 0.29) is 0 Å². The molecule has 2 heteroatoms. The second-order valence-corrected chi connectivity index (χ2v) is 10.5. The highest BCUT2D eigenvalue weighted by Crippen LogP contribution is 2.28. The summed E-state index contributed by atoms with van der Waals surface area (Å²) in [4.78, 5) is 0. The molecule has 0 fully saturated rings. The minimum atomic E-state index is 0.774. The van der Waals surface area contributed by atoms with Crippen molar-refractivity contribution in [3.63, 3.8) is 0 Å². The molecule has 194 valence electrons. The summed E-state index contributed by atoms with van der Waals surface area (Å²) in [7, 11) is 0. The first-order valence-electron chi connectivity index (χ1n) is 13.4. The van der Waals surface area contributed by atoms with Crippen LogP contribution in [0.3, 0.4) is 0 Å². The van der Waals surface area contributed by atoms with Gasteiger partial charge in [0, 0.05) is 32.3 Å². The lowest BCUT2D eigenvalue weighted by Gasteiger charge is -2.11. The van der Waals surface area contributed by atoms with Gasteiger partial charge in [0.15, 0.2) is 0 Å². The molecule has 0 heterocycles. The Morgan fingerprint density at radius 1 is 0.375 bits per heavy atom. The molecule has 0 N–H and O–H groups in total. The first-order chi connectivity index (χ1) is 19.6. The summed E-state index contributed by atoms with van der Waals surface area (Å²) in [5, 5.41) is 1.55. The van der Waals surface area contributed by atoms with Gasteiger partial charge in [0.05, 0.1) is 0 Å². The Balaban J connectivity index is 1.15. The van der Waals surface area contributed by atoms with Crippen molar-refractivity contribution in [2.45, 2.75) is 25.7 Å². The van der Waals surface area contributed by atoms with Crippen molar-refractivity contribution in [2.24, 2.45) is 0 Å². The summed E-state index contributed by atoms with van der Waals surface area (Å²) in [6.45, 7) is 0. The molecule has 5 aromatic rings. The Hall–Kier alpha value is -4.20. The van der Waals surface area contributed by atoms with Gasteiger partial charge in [-0.2, -0.15) is 0 Å². The first-order valence-corrected chi connectivity index (χ1v) is 14.2. The van der Waals surface area contributed by atoms with Gasteiger partial charge in [-0.05, 0) is 109 Å². The van der Waals surface area contributed by atoms with Gasteiger partial charge >= 0.3 is 0 Å². The highest BCUT2D eigenvalue weighted by Gasteiger charge is 2.09. The van der Waals surface area contributed by atoms with Gasteiger partial charge < -0.3 is 0 Å². The van der Waals surface area contributed by atoms with Gasteiger partial charge in [-0.3, -0.25) is 0 Å². The molecule has 0 bridgehead atoms. The zero-order valence-corrected chi connectivity index (χ0v) is 23.6. The smallest absolute Gasteiger partial charge is 0.0441 e. The number of halogens is 2. The van der Waals surface area contributed by atoms with Crippen LogP contribution < -0.4 is 0 Å². The summed E-state index contributed by atoms with van der Waals surface area (Å²) >= 11 is 13.4. The highest BCUT2D eigenvalue weighted by atomic mass is 35.5. The summed E-state index contributed by atoms with van der Waals surface area (Å²) in [6, 6.07) is 41.0. The van der Waals surface area contributed by atoms with Crippen molar-refractivity contribution in [1.82, 2.24) is 0 Å². The zero-order valence-electron chi connectivity index (χ0n) is 22.1. The molecule has 0 aliphatic carbocycles. The van der Waals surface area contributed by atoms with Crippen molar-refractivity contribution in [3.05, 3.63) is 176 Å². The van der Waals surface area contributed by atoms with E-state index < -0.39 is 0 Å². The average Bonchev–Trinajstić information content (AvgIpc) is 3.00. The fourth-order valence-corrected chi connectivity index (χ4v) is 4.97. The van der Waals surface area contributed by atoms with E-state index in [0.717, 1.165) is 69.1 Å². The van der Waals surface area contributed by atoms with E-state index in [1.165, 1.54) is 11.1 Å². The quantitative estimate of drug-likeness (QED) is 0.183. The Bertz CT molecular complexity index is 1550. The van der Waals surface area contributed by atoms with Gasteiger partial charge in [-0.25, -0.2) is 0 Å². The van der Waals surface area contributed by atoms with Gasteiger partial charge in [-0.15, -0.1) is 0 Å². The van der Waals surface area contributed by atoms with Gasteiger partial charge in [-0.1, -0.05) is 108 Å². The Kier molecular flexibility index (Phi) is 9.40. The molecule has 0 amide bonds. The molecule has 0 aliphatic rings. The Morgan fingerprint density at radius 2 is 0.700 bits per heavy atom. The molecule has 0 nitrogen and oxygen atoms in total. The van der Waals surface area contributed by atoms with Crippen LogP contribution in [0, 0.1) is 23.7 Å². The SMILES string of the molecule is Clc1cc(CCc2ccc(C#Cc3ccccc3)cc2)c(Cl)cc1CCc1ccc(C#Cc2ccccc2)cc1. The van der Waals surface area contributed by atoms with Crippen LogP contribution >= 0.6 is 23.2 Å². The van der Waals surface area contributed by atoms with Crippen molar-refractivity contribution in [2.75, 3.05) is 0 Å². The van der Waals surface area contributed by atoms with E-state index in [2.05, 4.69) is 72.2 Å². The Labute approximate surface area is 247 Å². The third-order valence-corrected chi connectivity index (χ3v) is 7.44. The van der Waals surface area contributed by atoms with E-state index in [9.17, 15) is 0 Å². The molecule has 0 spiro atoms. The second kappa shape index (κ2) is 13.7. The van der Waals surface area contributed by atoms with Gasteiger partial charge in [0.1, 0.15) is 0 Å². The number of benzene rings is 5. The van der Waals surface area contributed by atoms with Crippen molar-refractivity contribution >= 4 is 23.2 Å². The molecular formula is C38H28Cl2. The molecule has 0 atom stereocenters. The molecule has 5 rings (SSSR count). The number of hydrogen-bond acceptors (Lipinski definition) is 0. The summed E-state index contributed by atoms with van der Waals surface area (Å²) in [5.41, 5.74) is 8.69. The van der Waals surface area contributed by atoms with E-state index in [0.29, 0.717) is 0 Å². The van der Waals surface area contributed by atoms with Crippen LogP contribution in [0.4, 0.5) is 0 Å². The second-order valence-electron chi connectivity index (χ2n) is 9.66. The highest BCUT2D eigenvalue weighted by molar-refractivity contribution is 6.34. The maximum absolute atomic E-state index is 6.69. The van der Waals surface area contributed by atoms with E-state index >= 15 is 0 Å². The van der Waals surface area contributed by atoms with Crippen molar-refractivity contribution in [1.29, 1.82) is 0 Å². The number of rotatable bonds is 6. The van der Waals surface area contributed by atoms with Crippen LogP contribution in [0.5, 0.6) is 0 Å². The average molecular weight is 556 g/mol. The maximum Gasteiger partial charge on any atom is 0.0441 e. The molecule has 0 aromatic heterocycles. The van der Waals surface area contributed by atoms with E-state index in [4.69, 9.17) is 23.2 Å². The largest absolute Gasteiger partial charge is 0.0840 e. The third-order valence-electron chi connectivity index (χ3n) is 6.74. The molecule has 40 heavy (non-hydrogen) atoms. The molecule has 0 saturated carbocycles. The van der Waals surface area contributed by atoms with Crippen molar-refractivity contribution in [3.8, 4) is 23.7 Å². The standard InChI is InChI=1S/C38H28Cl2/c39-37-28-36(26-24-34-21-17-32(18-22-34)14-12-30-9-5-2-6-10-30)38(40)27-35(37)25-23-33-19-15-31(16-20-33)13-11-29-7-3-1-4-8-29/h1-10,15-22,27-28H,23-26H2. The molecule has 0 radical (unpaired) electrons. The zero-order chi connectivity index (χ0) is 27.6. The van der Waals surface area contributed by atoms with Crippen LogP contribution in [-0.4, -0.2) is 0 Å². The monoisotopic (exact) mass is 554 g/mol. The lowest BCUT2D eigenvalue weighted by molar-refractivity contribution is 0.940. The minimum absolute atomic E-state index is 0.774. The molecular weight excluding hydrogens is 527 g/mol. The van der Waals surface area contributed by atoms with Gasteiger partial charge in [0.25, 0.3) is 0 Å². The fourth-order valence-electron chi connectivity index (χ4n) is 4.41. The number of aryl methyl sites for hydroxylation is 4.